The molecule has 7 heteroatoms. The molecule has 0 spiro atoms. The number of hydrogen-bond acceptors (Lipinski definition) is 5. The molecule has 0 aromatic heterocycles. The Morgan fingerprint density at radius 2 is 1.90 bits per heavy atom. The second kappa shape index (κ2) is 12.0. The van der Waals surface area contributed by atoms with Crippen LogP contribution < -0.4 is 20.5 Å². The summed E-state index contributed by atoms with van der Waals surface area (Å²) in [5, 5.41) is 3.16. The number of benzene rings is 2. The van der Waals surface area contributed by atoms with Crippen molar-refractivity contribution in [3.63, 3.8) is 0 Å². The number of rotatable bonds is 10. The van der Waals surface area contributed by atoms with Crippen LogP contribution in [0.15, 0.2) is 53.5 Å². The Morgan fingerprint density at radius 1 is 1.10 bits per heavy atom. The minimum absolute atomic E-state index is 0.446. The number of methoxy groups -OCH3 is 1. The van der Waals surface area contributed by atoms with Gasteiger partial charge in [0.05, 0.1) is 26.9 Å². The molecule has 0 atom stereocenters. The van der Waals surface area contributed by atoms with E-state index in [1.54, 1.807) is 7.11 Å². The number of morpholine rings is 1. The number of aliphatic imine (C=N–C) groups is 1. The van der Waals surface area contributed by atoms with E-state index in [0.29, 0.717) is 19.1 Å². The fourth-order valence-electron chi connectivity index (χ4n) is 3.21. The third-order valence-corrected chi connectivity index (χ3v) is 4.99. The smallest absolute Gasteiger partial charge is 0.188 e. The van der Waals surface area contributed by atoms with Gasteiger partial charge in [-0.3, -0.25) is 4.90 Å². The van der Waals surface area contributed by atoms with Crippen LogP contribution in [0.25, 0.3) is 0 Å². The highest BCUT2D eigenvalue weighted by molar-refractivity contribution is 5.77. The molecule has 0 aliphatic carbocycles. The SMILES string of the molecule is COc1ccc(CCNC(N)=NCc2cccc(OCCN3CCOCC3)c2)cc1. The van der Waals surface area contributed by atoms with Crippen molar-refractivity contribution in [3.8, 4) is 11.5 Å². The third-order valence-electron chi connectivity index (χ3n) is 4.99. The zero-order valence-electron chi connectivity index (χ0n) is 17.7. The molecule has 0 amide bonds. The van der Waals surface area contributed by atoms with Crippen LogP contribution in [-0.4, -0.2) is 64.0 Å². The predicted octanol–water partition coefficient (Wildman–Crippen LogP) is 2.05. The molecule has 0 bridgehead atoms. The quantitative estimate of drug-likeness (QED) is 0.459. The number of ether oxygens (including phenoxy) is 3. The zero-order chi connectivity index (χ0) is 21.0. The summed E-state index contributed by atoms with van der Waals surface area (Å²) < 4.78 is 16.4. The van der Waals surface area contributed by atoms with Crippen molar-refractivity contribution in [2.45, 2.75) is 13.0 Å². The Morgan fingerprint density at radius 3 is 2.67 bits per heavy atom. The number of guanidine groups is 1. The molecule has 1 saturated heterocycles. The molecule has 1 aliphatic rings. The standard InChI is InChI=1S/C23H32N4O3/c1-28-21-7-5-19(6-8-21)9-10-25-23(24)26-18-20-3-2-4-22(17-20)30-16-13-27-11-14-29-15-12-27/h2-8,17H,9-16,18H2,1H3,(H3,24,25,26). The van der Waals surface area contributed by atoms with Gasteiger partial charge < -0.3 is 25.3 Å². The molecule has 1 heterocycles. The van der Waals surface area contributed by atoms with Crippen LogP contribution in [0.1, 0.15) is 11.1 Å². The molecule has 0 radical (unpaired) electrons. The maximum Gasteiger partial charge on any atom is 0.188 e. The van der Waals surface area contributed by atoms with Gasteiger partial charge in [0.25, 0.3) is 0 Å². The highest BCUT2D eigenvalue weighted by Crippen LogP contribution is 2.14. The van der Waals surface area contributed by atoms with E-state index in [1.165, 1.54) is 5.56 Å². The van der Waals surface area contributed by atoms with Gasteiger partial charge >= 0.3 is 0 Å². The summed E-state index contributed by atoms with van der Waals surface area (Å²) in [7, 11) is 1.67. The summed E-state index contributed by atoms with van der Waals surface area (Å²) in [6.07, 6.45) is 0.868. The Kier molecular flexibility index (Phi) is 8.80. The molecule has 1 fully saturated rings. The summed E-state index contributed by atoms with van der Waals surface area (Å²) in [6.45, 7) is 6.39. The van der Waals surface area contributed by atoms with E-state index in [2.05, 4.69) is 27.3 Å². The van der Waals surface area contributed by atoms with Crippen molar-refractivity contribution in [2.24, 2.45) is 10.7 Å². The fraction of sp³-hybridized carbons (Fsp3) is 0.435. The van der Waals surface area contributed by atoms with Gasteiger partial charge in [0.1, 0.15) is 18.1 Å². The summed E-state index contributed by atoms with van der Waals surface area (Å²) in [4.78, 5) is 6.79. The van der Waals surface area contributed by atoms with Crippen LogP contribution >= 0.6 is 0 Å². The van der Waals surface area contributed by atoms with Gasteiger partial charge in [0, 0.05) is 26.2 Å². The zero-order valence-corrected chi connectivity index (χ0v) is 17.7. The second-order valence-electron chi connectivity index (χ2n) is 7.18. The van der Waals surface area contributed by atoms with Crippen LogP contribution in [0.4, 0.5) is 0 Å². The van der Waals surface area contributed by atoms with E-state index in [-0.39, 0.29) is 0 Å². The lowest BCUT2D eigenvalue weighted by atomic mass is 10.1. The highest BCUT2D eigenvalue weighted by Gasteiger charge is 2.09. The predicted molar refractivity (Wildman–Crippen MR) is 119 cm³/mol. The van der Waals surface area contributed by atoms with E-state index in [9.17, 15) is 0 Å². The molecule has 1 aliphatic heterocycles. The summed E-state index contributed by atoms with van der Waals surface area (Å²) in [5.41, 5.74) is 8.29. The first-order chi connectivity index (χ1) is 14.7. The monoisotopic (exact) mass is 412 g/mol. The number of hydrogen-bond donors (Lipinski definition) is 2. The number of nitrogens with zero attached hydrogens (tertiary/aromatic N) is 2. The van der Waals surface area contributed by atoms with Gasteiger partial charge in [-0.15, -0.1) is 0 Å². The van der Waals surface area contributed by atoms with Gasteiger partial charge in [-0.25, -0.2) is 4.99 Å². The molecule has 0 unspecified atom stereocenters. The van der Waals surface area contributed by atoms with Crippen molar-refractivity contribution >= 4 is 5.96 Å². The summed E-state index contributed by atoms with van der Waals surface area (Å²) >= 11 is 0. The first kappa shape index (κ1) is 21.9. The maximum atomic E-state index is 6.00. The summed E-state index contributed by atoms with van der Waals surface area (Å²) in [5.74, 6) is 2.17. The molecule has 30 heavy (non-hydrogen) atoms. The first-order valence-corrected chi connectivity index (χ1v) is 10.4. The lowest BCUT2D eigenvalue weighted by molar-refractivity contribution is 0.0322. The molecule has 2 aromatic carbocycles. The number of nitrogens with one attached hydrogen (secondary N) is 1. The number of nitrogens with two attached hydrogens (primary N) is 1. The normalized spacial score (nSPS) is 15.0. The Hall–Kier alpha value is -2.77. The minimum atomic E-state index is 0.446. The van der Waals surface area contributed by atoms with Crippen molar-refractivity contribution < 1.29 is 14.2 Å². The third kappa shape index (κ3) is 7.57. The van der Waals surface area contributed by atoms with Crippen LogP contribution in [0.3, 0.4) is 0 Å². The summed E-state index contributed by atoms with van der Waals surface area (Å²) in [6, 6.07) is 16.0. The molecule has 2 aromatic rings. The van der Waals surface area contributed by atoms with Crippen molar-refractivity contribution in [1.82, 2.24) is 10.2 Å². The Balaban J connectivity index is 1.38. The van der Waals surface area contributed by atoms with Gasteiger partial charge in [-0.05, 0) is 41.8 Å². The van der Waals surface area contributed by atoms with Crippen LogP contribution in [0.5, 0.6) is 11.5 Å². The van der Waals surface area contributed by atoms with E-state index in [1.807, 2.05) is 36.4 Å². The van der Waals surface area contributed by atoms with Crippen LogP contribution in [0.2, 0.25) is 0 Å². The molecule has 3 rings (SSSR count). The van der Waals surface area contributed by atoms with Crippen molar-refractivity contribution in [2.75, 3.05) is 53.1 Å². The van der Waals surface area contributed by atoms with Crippen molar-refractivity contribution in [1.29, 1.82) is 0 Å². The molecule has 162 valence electrons. The lowest BCUT2D eigenvalue weighted by Gasteiger charge is -2.26. The van der Waals surface area contributed by atoms with E-state index in [4.69, 9.17) is 19.9 Å². The molecule has 7 nitrogen and oxygen atoms in total. The lowest BCUT2D eigenvalue weighted by Crippen LogP contribution is -2.38. The highest BCUT2D eigenvalue weighted by atomic mass is 16.5. The molecular formula is C23H32N4O3. The van der Waals surface area contributed by atoms with E-state index in [0.717, 1.165) is 62.9 Å². The molecule has 3 N–H and O–H groups in total. The van der Waals surface area contributed by atoms with Gasteiger partial charge in [-0.1, -0.05) is 24.3 Å². The van der Waals surface area contributed by atoms with Crippen LogP contribution in [-0.2, 0) is 17.7 Å². The van der Waals surface area contributed by atoms with E-state index >= 15 is 0 Å². The van der Waals surface area contributed by atoms with E-state index < -0.39 is 0 Å². The minimum Gasteiger partial charge on any atom is -0.497 e. The first-order valence-electron chi connectivity index (χ1n) is 10.4. The van der Waals surface area contributed by atoms with Gasteiger partial charge in [0.15, 0.2) is 5.96 Å². The van der Waals surface area contributed by atoms with Gasteiger partial charge in [-0.2, -0.15) is 0 Å². The Bertz CT molecular complexity index is 789. The molecular weight excluding hydrogens is 380 g/mol. The largest absolute Gasteiger partial charge is 0.497 e. The van der Waals surface area contributed by atoms with Crippen molar-refractivity contribution in [3.05, 3.63) is 59.7 Å². The topological polar surface area (TPSA) is 81.3 Å². The Labute approximate surface area is 178 Å². The van der Waals surface area contributed by atoms with Gasteiger partial charge in [0.2, 0.25) is 0 Å². The molecule has 0 saturated carbocycles. The fourth-order valence-corrected chi connectivity index (χ4v) is 3.21. The average molecular weight is 413 g/mol. The maximum absolute atomic E-state index is 6.00. The van der Waals surface area contributed by atoms with Crippen LogP contribution in [0, 0.1) is 0 Å². The second-order valence-corrected chi connectivity index (χ2v) is 7.18. The average Bonchev–Trinajstić information content (AvgIpc) is 2.79.